The number of thiazole rings is 2. The average Bonchev–Trinajstić information content (AvgIpc) is 3.87. The predicted octanol–water partition coefficient (Wildman–Crippen LogP) is 8.71. The number of carbonyl (C=O) groups excluding carboxylic acids is 2. The molecule has 6 rings (SSSR count). The van der Waals surface area contributed by atoms with E-state index >= 15 is 0 Å². The van der Waals surface area contributed by atoms with E-state index in [0.717, 1.165) is 51.4 Å². The molecule has 0 bridgehead atoms. The molecule has 2 amide bonds. The number of aromatic nitrogens is 2. The van der Waals surface area contributed by atoms with Gasteiger partial charge in [0.2, 0.25) is 0 Å². The Morgan fingerprint density at radius 1 is 0.696 bits per heavy atom. The van der Waals surface area contributed by atoms with E-state index in [1.807, 2.05) is 97.2 Å². The van der Waals surface area contributed by atoms with E-state index in [4.69, 9.17) is 5.11 Å². The molecule has 4 N–H and O–H groups in total. The molecule has 0 aliphatic carbocycles. The molecule has 0 saturated carbocycles. The number of hydrogen-bond acceptors (Lipinski definition) is 8. The number of aliphatic carboxylic acids is 2. The van der Waals surface area contributed by atoms with Gasteiger partial charge in [-0.1, -0.05) is 97.1 Å². The molecule has 0 fully saturated rings. The molecule has 2 heterocycles. The molecule has 2 atom stereocenters. The van der Waals surface area contributed by atoms with Gasteiger partial charge in [0, 0.05) is 27.9 Å². The van der Waals surface area contributed by atoms with E-state index in [0.29, 0.717) is 22.0 Å². The first kappa shape index (κ1) is 41.0. The molecule has 1 unspecified atom stereocenters. The van der Waals surface area contributed by atoms with Crippen LogP contribution in [-0.4, -0.2) is 50.0 Å². The van der Waals surface area contributed by atoms with Gasteiger partial charge in [0.25, 0.3) is 11.8 Å². The van der Waals surface area contributed by atoms with Crippen LogP contribution in [0.1, 0.15) is 61.4 Å². The second-order valence-electron chi connectivity index (χ2n) is 12.5. The SMILES string of the molecule is Cc1ccccc1[C@H](CC(=O)O)NC(=O)c1nc(-c2ccccc2)cs1.O=C(O)CC(Cc1ccccc1)NC(=O)c1csc(-c2ccc(C(F)(F)F)cc2)n1. The van der Waals surface area contributed by atoms with Crippen LogP contribution in [0.3, 0.4) is 0 Å². The fourth-order valence-corrected chi connectivity index (χ4v) is 7.12. The summed E-state index contributed by atoms with van der Waals surface area (Å²) in [6.07, 6.45) is -4.52. The van der Waals surface area contributed by atoms with Gasteiger partial charge >= 0.3 is 18.1 Å². The lowest BCUT2D eigenvalue weighted by Crippen LogP contribution is -2.38. The van der Waals surface area contributed by atoms with Crippen LogP contribution in [0.15, 0.2) is 120 Å². The molecule has 2 aromatic heterocycles. The van der Waals surface area contributed by atoms with E-state index in [9.17, 15) is 37.5 Å². The first-order valence-corrected chi connectivity index (χ1v) is 18.8. The third kappa shape index (κ3) is 11.7. The van der Waals surface area contributed by atoms with Crippen molar-refractivity contribution in [2.24, 2.45) is 0 Å². The van der Waals surface area contributed by atoms with Crippen molar-refractivity contribution in [3.05, 3.63) is 153 Å². The van der Waals surface area contributed by atoms with Crippen LogP contribution in [-0.2, 0) is 22.2 Å². The monoisotopic (exact) mass is 800 g/mol. The summed E-state index contributed by atoms with van der Waals surface area (Å²) in [6, 6.07) is 29.5. The Labute approximate surface area is 327 Å². The van der Waals surface area contributed by atoms with Crippen molar-refractivity contribution < 1.29 is 42.6 Å². The molecule has 56 heavy (non-hydrogen) atoms. The summed E-state index contributed by atoms with van der Waals surface area (Å²) in [7, 11) is 0. The molecule has 288 valence electrons. The molecule has 15 heteroatoms. The number of nitrogens with one attached hydrogen (secondary N) is 2. The maximum Gasteiger partial charge on any atom is 0.416 e. The lowest BCUT2D eigenvalue weighted by atomic mass is 9.99. The van der Waals surface area contributed by atoms with Crippen molar-refractivity contribution in [3.8, 4) is 21.8 Å². The lowest BCUT2D eigenvalue weighted by molar-refractivity contribution is -0.138. The van der Waals surface area contributed by atoms with E-state index in [1.54, 1.807) is 0 Å². The third-order valence-electron chi connectivity index (χ3n) is 8.29. The molecule has 0 spiro atoms. The molecular weight excluding hydrogens is 766 g/mol. The number of carbonyl (C=O) groups is 4. The number of halogens is 3. The van der Waals surface area contributed by atoms with Gasteiger partial charge in [-0.25, -0.2) is 9.97 Å². The predicted molar refractivity (Wildman–Crippen MR) is 207 cm³/mol. The highest BCUT2D eigenvalue weighted by Gasteiger charge is 2.30. The fourth-order valence-electron chi connectivity index (χ4n) is 5.59. The summed E-state index contributed by atoms with van der Waals surface area (Å²) < 4.78 is 38.1. The first-order chi connectivity index (χ1) is 26.8. The van der Waals surface area contributed by atoms with E-state index in [2.05, 4.69) is 20.6 Å². The van der Waals surface area contributed by atoms with Gasteiger partial charge in [-0.2, -0.15) is 13.2 Å². The summed E-state index contributed by atoms with van der Waals surface area (Å²) in [5.74, 6) is -2.92. The molecular formula is C41H35F3N4O6S2. The molecule has 4 aromatic carbocycles. The summed E-state index contributed by atoms with van der Waals surface area (Å²) >= 11 is 2.36. The maximum absolute atomic E-state index is 12.7. The molecule has 0 radical (unpaired) electrons. The van der Waals surface area contributed by atoms with Crippen LogP contribution in [0.25, 0.3) is 21.8 Å². The Morgan fingerprint density at radius 2 is 1.32 bits per heavy atom. The highest BCUT2D eigenvalue weighted by molar-refractivity contribution is 7.13. The quantitative estimate of drug-likeness (QED) is 0.0903. The van der Waals surface area contributed by atoms with Gasteiger partial charge in [0.15, 0.2) is 5.01 Å². The fraction of sp³-hybridized carbons (Fsp3) is 0.171. The number of rotatable bonds is 13. The van der Waals surface area contributed by atoms with E-state index in [-0.39, 0.29) is 24.4 Å². The lowest BCUT2D eigenvalue weighted by Gasteiger charge is -2.18. The molecule has 10 nitrogen and oxygen atoms in total. The molecule has 0 saturated heterocycles. The zero-order valence-electron chi connectivity index (χ0n) is 29.7. The highest BCUT2D eigenvalue weighted by Crippen LogP contribution is 2.32. The maximum atomic E-state index is 12.7. The minimum absolute atomic E-state index is 0.0818. The minimum Gasteiger partial charge on any atom is -0.481 e. The van der Waals surface area contributed by atoms with Crippen LogP contribution in [0.2, 0.25) is 0 Å². The van der Waals surface area contributed by atoms with Crippen LogP contribution in [0.4, 0.5) is 13.2 Å². The van der Waals surface area contributed by atoms with Crippen molar-refractivity contribution in [1.82, 2.24) is 20.6 Å². The third-order valence-corrected chi connectivity index (χ3v) is 10.0. The van der Waals surface area contributed by atoms with Crippen molar-refractivity contribution in [2.45, 2.75) is 44.4 Å². The Morgan fingerprint density at radius 3 is 1.95 bits per heavy atom. The van der Waals surface area contributed by atoms with Crippen LogP contribution >= 0.6 is 22.7 Å². The van der Waals surface area contributed by atoms with Gasteiger partial charge in [0.1, 0.15) is 10.7 Å². The number of aryl methyl sites for hydroxylation is 1. The van der Waals surface area contributed by atoms with E-state index in [1.165, 1.54) is 28.8 Å². The Bertz CT molecular complexity index is 2260. The van der Waals surface area contributed by atoms with Crippen LogP contribution < -0.4 is 10.6 Å². The molecule has 0 aliphatic rings. The van der Waals surface area contributed by atoms with Crippen molar-refractivity contribution in [2.75, 3.05) is 0 Å². The smallest absolute Gasteiger partial charge is 0.416 e. The number of carboxylic acid groups (broad SMARTS) is 2. The van der Waals surface area contributed by atoms with Gasteiger partial charge in [-0.05, 0) is 42.2 Å². The van der Waals surface area contributed by atoms with Crippen molar-refractivity contribution in [1.29, 1.82) is 0 Å². The standard InChI is InChI=1S/C21H17F3N2O3S.C20H18N2O3S/c22-21(23,24)15-8-6-14(7-9-15)20-26-17(12-30-20)19(29)25-16(11-18(27)28)10-13-4-2-1-3-5-13;1-13-7-5-6-10-15(13)16(11-18(23)24)21-19(25)20-22-17(12-26-20)14-8-3-2-4-9-14/h1-9,12,16H,10-11H2,(H,25,29)(H,27,28);2-10,12,16H,11H2,1H3,(H,21,25)(H,23,24)/t;16-/m.0/s1. The zero-order chi connectivity index (χ0) is 40.2. The topological polar surface area (TPSA) is 159 Å². The number of carboxylic acids is 2. The summed E-state index contributed by atoms with van der Waals surface area (Å²) in [4.78, 5) is 56.1. The van der Waals surface area contributed by atoms with Crippen molar-refractivity contribution >= 4 is 46.4 Å². The van der Waals surface area contributed by atoms with Gasteiger partial charge in [0.05, 0.1) is 30.1 Å². The minimum atomic E-state index is -4.43. The van der Waals surface area contributed by atoms with Gasteiger partial charge in [-0.3, -0.25) is 19.2 Å². The number of amides is 2. The molecule has 6 aromatic rings. The summed E-state index contributed by atoms with van der Waals surface area (Å²) in [5.41, 5.74) is 4.05. The average molecular weight is 801 g/mol. The second kappa shape index (κ2) is 18.9. The largest absolute Gasteiger partial charge is 0.481 e. The first-order valence-electron chi connectivity index (χ1n) is 17.1. The van der Waals surface area contributed by atoms with Crippen molar-refractivity contribution in [3.63, 3.8) is 0 Å². The number of alkyl halides is 3. The van der Waals surface area contributed by atoms with Gasteiger partial charge in [-0.15, -0.1) is 22.7 Å². The van der Waals surface area contributed by atoms with Crippen LogP contribution in [0.5, 0.6) is 0 Å². The zero-order valence-corrected chi connectivity index (χ0v) is 31.3. The second-order valence-corrected chi connectivity index (χ2v) is 14.2. The van der Waals surface area contributed by atoms with Crippen LogP contribution in [0, 0.1) is 6.92 Å². The normalized spacial score (nSPS) is 12.1. The molecule has 0 aliphatic heterocycles. The number of benzene rings is 4. The Balaban J connectivity index is 0.000000216. The Kier molecular flexibility index (Phi) is 13.8. The summed E-state index contributed by atoms with van der Waals surface area (Å²) in [6.45, 7) is 1.90. The van der Waals surface area contributed by atoms with E-state index < -0.39 is 41.7 Å². The summed E-state index contributed by atoms with van der Waals surface area (Å²) in [5, 5.41) is 27.9. The Hall–Kier alpha value is -6.19. The van der Waals surface area contributed by atoms with Gasteiger partial charge < -0.3 is 20.8 Å². The number of hydrogen-bond donors (Lipinski definition) is 4. The number of nitrogens with zero attached hydrogens (tertiary/aromatic N) is 2. The highest BCUT2D eigenvalue weighted by atomic mass is 32.1.